The van der Waals surface area contributed by atoms with Crippen LogP contribution >= 0.6 is 0 Å². The number of rotatable bonds is 4. The number of aliphatic hydroxyl groups excluding tert-OH is 1. The molecule has 1 aromatic heterocycles. The van der Waals surface area contributed by atoms with E-state index in [0.717, 1.165) is 37.2 Å². The molecule has 112 valence electrons. The van der Waals surface area contributed by atoms with Gasteiger partial charge in [0.1, 0.15) is 0 Å². The molecule has 2 aromatic rings. The molecule has 0 bridgehead atoms. The second kappa shape index (κ2) is 5.98. The monoisotopic (exact) mass is 285 g/mol. The maximum absolute atomic E-state index is 9.58. The standard InChI is InChI=1S/C17H23N3O/c1-12(2)14-8-6-13(7-9-14)10-20-17-15(11-21)4-3-5-16(17)18-19-20/h6-9,12,15,21H,3-5,10-11H2,1-2H3/t15-/m0/s1. The first kappa shape index (κ1) is 14.3. The molecule has 1 aromatic carbocycles. The molecule has 1 N–H and O–H groups in total. The van der Waals surface area contributed by atoms with Crippen molar-refractivity contribution in [3.05, 3.63) is 46.8 Å². The van der Waals surface area contributed by atoms with E-state index in [0.29, 0.717) is 5.92 Å². The predicted molar refractivity (Wildman–Crippen MR) is 82.4 cm³/mol. The van der Waals surface area contributed by atoms with Crippen LogP contribution in [0.5, 0.6) is 0 Å². The Bertz CT molecular complexity index is 601. The van der Waals surface area contributed by atoms with Crippen molar-refractivity contribution in [1.29, 1.82) is 0 Å². The zero-order valence-corrected chi connectivity index (χ0v) is 12.8. The van der Waals surface area contributed by atoms with Crippen molar-refractivity contribution in [2.24, 2.45) is 0 Å². The number of aryl methyl sites for hydroxylation is 1. The summed E-state index contributed by atoms with van der Waals surface area (Å²) in [6.07, 6.45) is 3.11. The lowest BCUT2D eigenvalue weighted by Crippen LogP contribution is -2.18. The first-order valence-electron chi connectivity index (χ1n) is 7.81. The minimum atomic E-state index is 0.187. The topological polar surface area (TPSA) is 50.9 Å². The molecule has 0 fully saturated rings. The smallest absolute Gasteiger partial charge is 0.0863 e. The molecule has 0 saturated carbocycles. The van der Waals surface area contributed by atoms with Crippen LogP contribution in [-0.4, -0.2) is 26.7 Å². The molecular weight excluding hydrogens is 262 g/mol. The molecule has 0 amide bonds. The second-order valence-corrected chi connectivity index (χ2v) is 6.25. The van der Waals surface area contributed by atoms with Gasteiger partial charge in [-0.05, 0) is 36.3 Å². The third kappa shape index (κ3) is 2.86. The van der Waals surface area contributed by atoms with Crippen LogP contribution in [0.4, 0.5) is 0 Å². The summed E-state index contributed by atoms with van der Waals surface area (Å²) in [6.45, 7) is 5.33. The lowest BCUT2D eigenvalue weighted by atomic mass is 9.90. The Morgan fingerprint density at radius 1 is 1.29 bits per heavy atom. The van der Waals surface area contributed by atoms with Crippen molar-refractivity contribution < 1.29 is 5.11 Å². The van der Waals surface area contributed by atoms with Crippen molar-refractivity contribution in [1.82, 2.24) is 15.0 Å². The van der Waals surface area contributed by atoms with Crippen LogP contribution in [0.3, 0.4) is 0 Å². The van der Waals surface area contributed by atoms with E-state index in [2.05, 4.69) is 48.4 Å². The average Bonchev–Trinajstić information content (AvgIpc) is 2.91. The van der Waals surface area contributed by atoms with Gasteiger partial charge >= 0.3 is 0 Å². The molecule has 0 saturated heterocycles. The Labute approximate surface area is 125 Å². The molecule has 1 aliphatic rings. The Morgan fingerprint density at radius 3 is 2.71 bits per heavy atom. The van der Waals surface area contributed by atoms with E-state index >= 15 is 0 Å². The maximum atomic E-state index is 9.58. The number of benzene rings is 1. The number of hydrogen-bond donors (Lipinski definition) is 1. The highest BCUT2D eigenvalue weighted by molar-refractivity contribution is 5.26. The average molecular weight is 285 g/mol. The zero-order chi connectivity index (χ0) is 14.8. The summed E-state index contributed by atoms with van der Waals surface area (Å²) >= 11 is 0. The molecule has 0 radical (unpaired) electrons. The fourth-order valence-corrected chi connectivity index (χ4v) is 3.11. The lowest BCUT2D eigenvalue weighted by Gasteiger charge is -2.21. The van der Waals surface area contributed by atoms with Crippen LogP contribution in [-0.2, 0) is 13.0 Å². The van der Waals surface area contributed by atoms with Gasteiger partial charge in [0, 0.05) is 5.92 Å². The van der Waals surface area contributed by atoms with Crippen LogP contribution in [0.1, 0.15) is 61.0 Å². The Hall–Kier alpha value is -1.68. The molecule has 1 aliphatic carbocycles. The van der Waals surface area contributed by atoms with E-state index in [1.165, 1.54) is 11.1 Å². The van der Waals surface area contributed by atoms with Gasteiger partial charge in [-0.2, -0.15) is 0 Å². The Kier molecular flexibility index (Phi) is 4.06. The fraction of sp³-hybridized carbons (Fsp3) is 0.529. The summed E-state index contributed by atoms with van der Waals surface area (Å²) in [4.78, 5) is 0. The van der Waals surface area contributed by atoms with Crippen molar-refractivity contribution >= 4 is 0 Å². The van der Waals surface area contributed by atoms with Crippen molar-refractivity contribution in [2.45, 2.75) is 51.5 Å². The molecule has 21 heavy (non-hydrogen) atoms. The number of aromatic nitrogens is 3. The quantitative estimate of drug-likeness (QED) is 0.939. The highest BCUT2D eigenvalue weighted by Gasteiger charge is 2.25. The molecule has 0 unspecified atom stereocenters. The normalized spacial score (nSPS) is 18.0. The summed E-state index contributed by atoms with van der Waals surface area (Å²) in [5, 5.41) is 18.2. The minimum Gasteiger partial charge on any atom is -0.396 e. The molecule has 1 atom stereocenters. The van der Waals surface area contributed by atoms with Gasteiger partial charge in [-0.15, -0.1) is 5.10 Å². The van der Waals surface area contributed by atoms with Gasteiger partial charge in [0.25, 0.3) is 0 Å². The van der Waals surface area contributed by atoms with E-state index < -0.39 is 0 Å². The maximum Gasteiger partial charge on any atom is 0.0863 e. The number of aliphatic hydroxyl groups is 1. The molecule has 0 aliphatic heterocycles. The largest absolute Gasteiger partial charge is 0.396 e. The van der Waals surface area contributed by atoms with E-state index in [-0.39, 0.29) is 12.5 Å². The number of fused-ring (bicyclic) bond motifs is 1. The van der Waals surface area contributed by atoms with Crippen LogP contribution < -0.4 is 0 Å². The van der Waals surface area contributed by atoms with E-state index in [4.69, 9.17) is 0 Å². The summed E-state index contributed by atoms with van der Waals surface area (Å²) < 4.78 is 1.97. The number of nitrogens with zero attached hydrogens (tertiary/aromatic N) is 3. The van der Waals surface area contributed by atoms with Gasteiger partial charge in [-0.25, -0.2) is 4.68 Å². The third-order valence-electron chi connectivity index (χ3n) is 4.40. The summed E-state index contributed by atoms with van der Waals surface area (Å²) in [6, 6.07) is 8.71. The predicted octanol–water partition coefficient (Wildman–Crippen LogP) is 2.86. The van der Waals surface area contributed by atoms with Gasteiger partial charge in [-0.3, -0.25) is 0 Å². The van der Waals surface area contributed by atoms with E-state index in [9.17, 15) is 5.11 Å². The van der Waals surface area contributed by atoms with Crippen molar-refractivity contribution in [2.75, 3.05) is 6.61 Å². The fourth-order valence-electron chi connectivity index (χ4n) is 3.11. The second-order valence-electron chi connectivity index (χ2n) is 6.25. The van der Waals surface area contributed by atoms with Gasteiger partial charge in [-0.1, -0.05) is 43.3 Å². The van der Waals surface area contributed by atoms with Crippen LogP contribution in [0.15, 0.2) is 24.3 Å². The van der Waals surface area contributed by atoms with Gasteiger partial charge in [0.2, 0.25) is 0 Å². The SMILES string of the molecule is CC(C)c1ccc(Cn2nnc3c2[C@H](CO)CCC3)cc1. The minimum absolute atomic E-state index is 0.187. The summed E-state index contributed by atoms with van der Waals surface area (Å²) in [5.41, 5.74) is 4.79. The Balaban J connectivity index is 1.84. The van der Waals surface area contributed by atoms with E-state index in [1.807, 2.05) is 4.68 Å². The van der Waals surface area contributed by atoms with Crippen LogP contribution in [0, 0.1) is 0 Å². The van der Waals surface area contributed by atoms with E-state index in [1.54, 1.807) is 0 Å². The Morgan fingerprint density at radius 2 is 2.05 bits per heavy atom. The molecule has 0 spiro atoms. The molecule has 4 nitrogen and oxygen atoms in total. The van der Waals surface area contributed by atoms with Gasteiger partial charge < -0.3 is 5.11 Å². The zero-order valence-electron chi connectivity index (χ0n) is 12.8. The first-order valence-corrected chi connectivity index (χ1v) is 7.81. The van der Waals surface area contributed by atoms with Gasteiger partial charge in [0.15, 0.2) is 0 Å². The van der Waals surface area contributed by atoms with Crippen molar-refractivity contribution in [3.63, 3.8) is 0 Å². The van der Waals surface area contributed by atoms with Crippen LogP contribution in [0.25, 0.3) is 0 Å². The van der Waals surface area contributed by atoms with Crippen LogP contribution in [0.2, 0.25) is 0 Å². The third-order valence-corrected chi connectivity index (χ3v) is 4.40. The molecule has 3 rings (SSSR count). The highest BCUT2D eigenvalue weighted by atomic mass is 16.3. The lowest BCUT2D eigenvalue weighted by molar-refractivity contribution is 0.246. The first-order chi connectivity index (χ1) is 10.2. The van der Waals surface area contributed by atoms with Gasteiger partial charge in [0.05, 0.1) is 24.5 Å². The molecule has 4 heteroatoms. The number of hydrogen-bond acceptors (Lipinski definition) is 3. The highest BCUT2D eigenvalue weighted by Crippen LogP contribution is 2.30. The molecular formula is C17H23N3O. The summed E-state index contributed by atoms with van der Waals surface area (Å²) in [7, 11) is 0. The molecule has 1 heterocycles. The summed E-state index contributed by atoms with van der Waals surface area (Å²) in [5.74, 6) is 0.746. The van der Waals surface area contributed by atoms with Crippen molar-refractivity contribution in [3.8, 4) is 0 Å².